The number of nitro benzene ring substituents is 1. The molecule has 1 aromatic carbocycles. The minimum atomic E-state index is -4.49. The molecule has 0 aliphatic rings. The molecule has 0 N–H and O–H groups in total. The molecule has 8 heteroatoms. The van der Waals surface area contributed by atoms with Crippen LogP contribution in [0.15, 0.2) is 30.3 Å². The highest BCUT2D eigenvalue weighted by Crippen LogP contribution is 2.20. The van der Waals surface area contributed by atoms with Crippen molar-refractivity contribution in [3.05, 3.63) is 46.0 Å². The second-order valence-corrected chi connectivity index (χ2v) is 4.88. The van der Waals surface area contributed by atoms with Gasteiger partial charge in [0.1, 0.15) is 6.54 Å². The lowest BCUT2D eigenvalue weighted by molar-refractivity contribution is -0.385. The first-order valence-electron chi connectivity index (χ1n) is 7.01. The van der Waals surface area contributed by atoms with Crippen LogP contribution in [0.4, 0.5) is 18.9 Å². The third-order valence-corrected chi connectivity index (χ3v) is 3.00. The number of benzene rings is 1. The van der Waals surface area contributed by atoms with E-state index in [0.29, 0.717) is 17.7 Å². The van der Waals surface area contributed by atoms with Gasteiger partial charge in [0.25, 0.3) is 5.69 Å². The summed E-state index contributed by atoms with van der Waals surface area (Å²) in [5.74, 6) is -0.825. The number of halogens is 3. The van der Waals surface area contributed by atoms with Crippen molar-refractivity contribution in [2.24, 2.45) is 0 Å². The van der Waals surface area contributed by atoms with Crippen LogP contribution in [0.3, 0.4) is 0 Å². The van der Waals surface area contributed by atoms with Crippen LogP contribution in [-0.4, -0.2) is 35.0 Å². The highest BCUT2D eigenvalue weighted by atomic mass is 19.4. The fraction of sp³-hybridized carbons (Fsp3) is 0.400. The Hall–Kier alpha value is -2.38. The molecule has 0 aliphatic carbocycles. The minimum Gasteiger partial charge on any atom is -0.330 e. The molecule has 0 bridgehead atoms. The van der Waals surface area contributed by atoms with Gasteiger partial charge in [0, 0.05) is 18.7 Å². The Morgan fingerprint density at radius 1 is 1.35 bits per heavy atom. The Balaban J connectivity index is 2.91. The van der Waals surface area contributed by atoms with Crippen molar-refractivity contribution < 1.29 is 22.9 Å². The van der Waals surface area contributed by atoms with Crippen molar-refractivity contribution in [3.8, 4) is 0 Å². The summed E-state index contributed by atoms with van der Waals surface area (Å²) in [4.78, 5) is 22.9. The van der Waals surface area contributed by atoms with Crippen molar-refractivity contribution in [1.82, 2.24) is 4.90 Å². The average molecular weight is 330 g/mol. The molecule has 0 heterocycles. The fourth-order valence-electron chi connectivity index (χ4n) is 1.89. The summed E-state index contributed by atoms with van der Waals surface area (Å²) in [5.41, 5.74) is -0.0548. The van der Waals surface area contributed by atoms with Gasteiger partial charge in [-0.15, -0.1) is 0 Å². The van der Waals surface area contributed by atoms with Crippen LogP contribution in [0.5, 0.6) is 0 Å². The Kier molecular flexibility index (Phi) is 6.74. The molecule has 0 aromatic heterocycles. The molecule has 0 unspecified atom stereocenters. The number of para-hydroxylation sites is 1. The predicted octanol–water partition coefficient (Wildman–Crippen LogP) is 3.80. The number of hydrogen-bond donors (Lipinski definition) is 0. The van der Waals surface area contributed by atoms with E-state index in [0.717, 1.165) is 12.2 Å². The lowest BCUT2D eigenvalue weighted by atomic mass is 10.1. The van der Waals surface area contributed by atoms with Crippen LogP contribution in [0.1, 0.15) is 25.3 Å². The second kappa shape index (κ2) is 8.30. The normalized spacial score (nSPS) is 11.7. The van der Waals surface area contributed by atoms with E-state index in [-0.39, 0.29) is 17.8 Å². The number of alkyl halides is 3. The van der Waals surface area contributed by atoms with E-state index in [1.807, 2.05) is 0 Å². The van der Waals surface area contributed by atoms with E-state index in [1.165, 1.54) is 18.2 Å². The smallest absolute Gasteiger partial charge is 0.330 e. The molecule has 0 spiro atoms. The first kappa shape index (κ1) is 18.7. The fourth-order valence-corrected chi connectivity index (χ4v) is 1.89. The van der Waals surface area contributed by atoms with Crippen LogP contribution < -0.4 is 0 Å². The number of nitro groups is 1. The van der Waals surface area contributed by atoms with Crippen LogP contribution in [0.25, 0.3) is 6.08 Å². The van der Waals surface area contributed by atoms with Gasteiger partial charge in [-0.2, -0.15) is 13.2 Å². The van der Waals surface area contributed by atoms with Crippen LogP contribution >= 0.6 is 0 Å². The molecule has 1 amide bonds. The van der Waals surface area contributed by atoms with Crippen molar-refractivity contribution in [3.63, 3.8) is 0 Å². The largest absolute Gasteiger partial charge is 0.406 e. The van der Waals surface area contributed by atoms with Crippen LogP contribution in [-0.2, 0) is 4.79 Å². The Labute approximate surface area is 131 Å². The number of amides is 1. The average Bonchev–Trinajstić information content (AvgIpc) is 2.48. The first-order valence-corrected chi connectivity index (χ1v) is 7.01. The highest BCUT2D eigenvalue weighted by molar-refractivity contribution is 5.92. The Bertz CT molecular complexity index is 586. The van der Waals surface area contributed by atoms with Crippen molar-refractivity contribution in [2.45, 2.75) is 25.9 Å². The maximum Gasteiger partial charge on any atom is 0.406 e. The molecule has 23 heavy (non-hydrogen) atoms. The molecule has 0 radical (unpaired) electrons. The topological polar surface area (TPSA) is 63.5 Å². The lowest BCUT2D eigenvalue weighted by Gasteiger charge is -2.22. The van der Waals surface area contributed by atoms with E-state index in [4.69, 9.17) is 0 Å². The van der Waals surface area contributed by atoms with E-state index in [2.05, 4.69) is 0 Å². The van der Waals surface area contributed by atoms with Gasteiger partial charge in [-0.25, -0.2) is 0 Å². The molecule has 1 aromatic rings. The molecular weight excluding hydrogens is 313 g/mol. The van der Waals surface area contributed by atoms with Gasteiger partial charge in [-0.05, 0) is 18.6 Å². The van der Waals surface area contributed by atoms with Gasteiger partial charge in [0.05, 0.1) is 10.5 Å². The number of rotatable bonds is 7. The summed E-state index contributed by atoms with van der Waals surface area (Å²) in [6.45, 7) is 0.447. The van der Waals surface area contributed by atoms with Gasteiger partial charge < -0.3 is 4.90 Å². The van der Waals surface area contributed by atoms with Crippen molar-refractivity contribution in [2.75, 3.05) is 13.1 Å². The molecule has 1 rings (SSSR count). The summed E-state index contributed by atoms with van der Waals surface area (Å²) in [7, 11) is 0. The standard InChI is InChI=1S/C15H17F3N2O3/c1-2-3-10-19(11-15(16,17)18)14(21)9-8-12-6-4-5-7-13(12)20(22)23/h4-9H,2-3,10-11H2,1H3. The zero-order chi connectivity index (χ0) is 17.5. The number of hydrogen-bond acceptors (Lipinski definition) is 3. The molecule has 126 valence electrons. The summed E-state index contributed by atoms with van der Waals surface area (Å²) in [5, 5.41) is 10.9. The molecular formula is C15H17F3N2O3. The van der Waals surface area contributed by atoms with Gasteiger partial charge in [0.2, 0.25) is 5.91 Å². The maximum absolute atomic E-state index is 12.5. The Morgan fingerprint density at radius 2 is 2.00 bits per heavy atom. The minimum absolute atomic E-state index is 0.0178. The van der Waals surface area contributed by atoms with Gasteiger partial charge in [0.15, 0.2) is 0 Å². The number of nitrogens with zero attached hydrogens (tertiary/aromatic N) is 2. The third kappa shape index (κ3) is 6.50. The monoisotopic (exact) mass is 330 g/mol. The van der Waals surface area contributed by atoms with E-state index in [1.54, 1.807) is 13.0 Å². The summed E-state index contributed by atoms with van der Waals surface area (Å²) < 4.78 is 37.6. The third-order valence-electron chi connectivity index (χ3n) is 3.00. The molecule has 0 aliphatic heterocycles. The number of carbonyl (C=O) groups excluding carboxylic acids is 1. The quantitative estimate of drug-likeness (QED) is 0.434. The van der Waals surface area contributed by atoms with Gasteiger partial charge in [-0.3, -0.25) is 14.9 Å². The van der Waals surface area contributed by atoms with E-state index in [9.17, 15) is 28.1 Å². The molecule has 0 saturated carbocycles. The van der Waals surface area contributed by atoms with E-state index >= 15 is 0 Å². The molecule has 0 atom stereocenters. The summed E-state index contributed by atoms with van der Waals surface area (Å²) in [6, 6.07) is 5.69. The zero-order valence-corrected chi connectivity index (χ0v) is 12.5. The summed E-state index contributed by atoms with van der Waals surface area (Å²) >= 11 is 0. The molecule has 0 fully saturated rings. The maximum atomic E-state index is 12.5. The highest BCUT2D eigenvalue weighted by Gasteiger charge is 2.32. The van der Waals surface area contributed by atoms with Crippen molar-refractivity contribution >= 4 is 17.7 Å². The first-order chi connectivity index (χ1) is 10.7. The number of unbranched alkanes of at least 4 members (excludes halogenated alkanes) is 1. The Morgan fingerprint density at radius 3 is 2.57 bits per heavy atom. The SMILES string of the molecule is CCCCN(CC(F)(F)F)C(=O)C=Cc1ccccc1[N+](=O)[O-]. The second-order valence-electron chi connectivity index (χ2n) is 4.88. The van der Waals surface area contributed by atoms with Gasteiger partial charge in [-0.1, -0.05) is 25.5 Å². The van der Waals surface area contributed by atoms with Gasteiger partial charge >= 0.3 is 6.18 Å². The zero-order valence-electron chi connectivity index (χ0n) is 12.5. The summed E-state index contributed by atoms with van der Waals surface area (Å²) in [6.07, 6.45) is -1.30. The lowest BCUT2D eigenvalue weighted by Crippen LogP contribution is -2.38. The predicted molar refractivity (Wildman–Crippen MR) is 79.7 cm³/mol. The van der Waals surface area contributed by atoms with Crippen molar-refractivity contribution in [1.29, 1.82) is 0 Å². The number of carbonyl (C=O) groups is 1. The molecule has 5 nitrogen and oxygen atoms in total. The van der Waals surface area contributed by atoms with Crippen LogP contribution in [0, 0.1) is 10.1 Å². The van der Waals surface area contributed by atoms with Crippen LogP contribution in [0.2, 0.25) is 0 Å². The van der Waals surface area contributed by atoms with E-state index < -0.39 is 23.6 Å². The molecule has 0 saturated heterocycles.